The average Bonchev–Trinajstić information content (AvgIpc) is 2.69. The molecule has 1 aliphatic rings. The van der Waals surface area contributed by atoms with Crippen LogP contribution in [0.1, 0.15) is 31.9 Å². The molecule has 0 bridgehead atoms. The molecule has 0 spiro atoms. The minimum absolute atomic E-state index is 0.296. The molecule has 0 saturated carbocycles. The van der Waals surface area contributed by atoms with E-state index in [-0.39, 0.29) is 6.03 Å². The van der Waals surface area contributed by atoms with E-state index in [2.05, 4.69) is 25.5 Å². The van der Waals surface area contributed by atoms with Crippen LogP contribution >= 0.6 is 0 Å². The topological polar surface area (TPSA) is 79.4 Å². The van der Waals surface area contributed by atoms with Crippen LogP contribution in [0, 0.1) is 0 Å². The maximum atomic E-state index is 12.2. The normalized spacial score (nSPS) is 14.0. The molecule has 1 saturated heterocycles. The van der Waals surface area contributed by atoms with Gasteiger partial charge in [-0.25, -0.2) is 14.8 Å². The first kappa shape index (κ1) is 18.0. The summed E-state index contributed by atoms with van der Waals surface area (Å²) in [6.45, 7) is 4.77. The molecule has 7 nitrogen and oxygen atoms in total. The Kier molecular flexibility index (Phi) is 6.24. The lowest BCUT2D eigenvalue weighted by molar-refractivity contribution is 0.251. The fourth-order valence-electron chi connectivity index (χ4n) is 2.92. The van der Waals surface area contributed by atoms with Gasteiger partial charge in [-0.1, -0.05) is 12.1 Å². The monoisotopic (exact) mass is 355 g/mol. The Morgan fingerprint density at radius 3 is 2.81 bits per heavy atom. The number of amides is 2. The molecule has 26 heavy (non-hydrogen) atoms. The Bertz CT molecular complexity index is 731. The van der Waals surface area contributed by atoms with E-state index in [1.807, 2.05) is 37.3 Å². The third-order valence-electron chi connectivity index (χ3n) is 4.20. The molecule has 2 amide bonds. The lowest BCUT2D eigenvalue weighted by Gasteiger charge is -2.26. The van der Waals surface area contributed by atoms with Gasteiger partial charge in [-0.05, 0) is 44.4 Å². The summed E-state index contributed by atoms with van der Waals surface area (Å²) in [5, 5.41) is 5.65. The molecule has 1 fully saturated rings. The second kappa shape index (κ2) is 9.03. The van der Waals surface area contributed by atoms with Crippen LogP contribution in [0.2, 0.25) is 0 Å². The van der Waals surface area contributed by atoms with E-state index in [0.717, 1.165) is 24.7 Å². The lowest BCUT2D eigenvalue weighted by atomic mass is 10.1. The highest BCUT2D eigenvalue weighted by Crippen LogP contribution is 2.23. The molecule has 2 N–H and O–H groups in total. The van der Waals surface area contributed by atoms with Gasteiger partial charge in [-0.2, -0.15) is 0 Å². The number of carbonyl (C=O) groups is 1. The van der Waals surface area contributed by atoms with Crippen LogP contribution < -0.4 is 20.3 Å². The van der Waals surface area contributed by atoms with Crippen LogP contribution in [-0.2, 0) is 6.54 Å². The van der Waals surface area contributed by atoms with Gasteiger partial charge in [0.2, 0.25) is 5.95 Å². The summed E-state index contributed by atoms with van der Waals surface area (Å²) in [5.41, 5.74) is 1.43. The quantitative estimate of drug-likeness (QED) is 0.832. The Morgan fingerprint density at radius 2 is 2.00 bits per heavy atom. The Balaban J connectivity index is 1.56. The highest BCUT2D eigenvalue weighted by Gasteiger charge is 2.14. The van der Waals surface area contributed by atoms with Gasteiger partial charge in [-0.3, -0.25) is 0 Å². The zero-order valence-corrected chi connectivity index (χ0v) is 15.1. The molecule has 1 aliphatic heterocycles. The van der Waals surface area contributed by atoms with Crippen molar-refractivity contribution in [2.75, 3.05) is 29.9 Å². The standard InChI is InChI=1S/C19H25N5O2/c1-2-26-17-9-5-4-8-16(17)23-19(25)21-14-15-10-11-20-18(22-15)24-12-6-3-7-13-24/h4-5,8-11H,2-3,6-7,12-14H2,1H3,(H2,21,23,25). The number of aromatic nitrogens is 2. The number of urea groups is 1. The van der Waals surface area contributed by atoms with Crippen molar-refractivity contribution >= 4 is 17.7 Å². The number of anilines is 2. The van der Waals surface area contributed by atoms with Crippen molar-refractivity contribution in [3.05, 3.63) is 42.2 Å². The first-order valence-corrected chi connectivity index (χ1v) is 9.10. The molecule has 3 rings (SSSR count). The largest absolute Gasteiger partial charge is 0.492 e. The van der Waals surface area contributed by atoms with Crippen LogP contribution in [0.3, 0.4) is 0 Å². The molecule has 0 atom stereocenters. The van der Waals surface area contributed by atoms with E-state index in [9.17, 15) is 4.79 Å². The van der Waals surface area contributed by atoms with Crippen molar-refractivity contribution in [1.82, 2.24) is 15.3 Å². The molecule has 138 valence electrons. The number of hydrogen-bond donors (Lipinski definition) is 2. The number of hydrogen-bond acceptors (Lipinski definition) is 5. The second-order valence-corrected chi connectivity index (χ2v) is 6.13. The number of benzene rings is 1. The van der Waals surface area contributed by atoms with Crippen molar-refractivity contribution in [2.45, 2.75) is 32.7 Å². The maximum absolute atomic E-state index is 12.2. The van der Waals surface area contributed by atoms with Gasteiger partial charge in [0.05, 0.1) is 24.5 Å². The van der Waals surface area contributed by atoms with Crippen molar-refractivity contribution in [1.29, 1.82) is 0 Å². The summed E-state index contributed by atoms with van der Waals surface area (Å²) in [6, 6.07) is 8.89. The third-order valence-corrected chi connectivity index (χ3v) is 4.20. The van der Waals surface area contributed by atoms with Gasteiger partial charge in [-0.15, -0.1) is 0 Å². The molecule has 0 aliphatic carbocycles. The fraction of sp³-hybridized carbons (Fsp3) is 0.421. The Hall–Kier alpha value is -2.83. The minimum Gasteiger partial charge on any atom is -0.492 e. The summed E-state index contributed by atoms with van der Waals surface area (Å²) < 4.78 is 5.51. The van der Waals surface area contributed by atoms with E-state index in [1.54, 1.807) is 6.20 Å². The van der Waals surface area contributed by atoms with Crippen LogP contribution in [0.5, 0.6) is 5.75 Å². The molecular formula is C19H25N5O2. The number of nitrogens with zero attached hydrogens (tertiary/aromatic N) is 3. The SMILES string of the molecule is CCOc1ccccc1NC(=O)NCc1ccnc(N2CCCCC2)n1. The van der Waals surface area contributed by atoms with Crippen LogP contribution in [0.4, 0.5) is 16.4 Å². The van der Waals surface area contributed by atoms with Crippen LogP contribution in [0.25, 0.3) is 0 Å². The van der Waals surface area contributed by atoms with Gasteiger partial charge in [0.1, 0.15) is 5.75 Å². The first-order valence-electron chi connectivity index (χ1n) is 9.10. The second-order valence-electron chi connectivity index (χ2n) is 6.13. The maximum Gasteiger partial charge on any atom is 0.319 e. The van der Waals surface area contributed by atoms with Crippen molar-refractivity contribution in [3.63, 3.8) is 0 Å². The minimum atomic E-state index is -0.296. The summed E-state index contributed by atoms with van der Waals surface area (Å²) >= 11 is 0. The number of nitrogens with one attached hydrogen (secondary N) is 2. The molecule has 0 unspecified atom stereocenters. The van der Waals surface area contributed by atoms with Gasteiger partial charge in [0.15, 0.2) is 0 Å². The summed E-state index contributed by atoms with van der Waals surface area (Å²) in [5.74, 6) is 1.39. The van der Waals surface area contributed by atoms with Crippen molar-refractivity contribution in [2.24, 2.45) is 0 Å². The summed E-state index contributed by atoms with van der Waals surface area (Å²) in [7, 11) is 0. The summed E-state index contributed by atoms with van der Waals surface area (Å²) in [6.07, 6.45) is 5.36. The highest BCUT2D eigenvalue weighted by atomic mass is 16.5. The highest BCUT2D eigenvalue weighted by molar-refractivity contribution is 5.90. The number of piperidine rings is 1. The third kappa shape index (κ3) is 4.84. The average molecular weight is 355 g/mol. The van der Waals surface area contributed by atoms with Crippen LogP contribution in [0.15, 0.2) is 36.5 Å². The van der Waals surface area contributed by atoms with E-state index >= 15 is 0 Å². The summed E-state index contributed by atoms with van der Waals surface area (Å²) in [4.78, 5) is 23.3. The number of ether oxygens (including phenoxy) is 1. The molecular weight excluding hydrogens is 330 g/mol. The van der Waals surface area contributed by atoms with E-state index < -0.39 is 0 Å². The molecule has 7 heteroatoms. The van der Waals surface area contributed by atoms with Crippen LogP contribution in [-0.4, -0.2) is 35.7 Å². The fourth-order valence-corrected chi connectivity index (χ4v) is 2.92. The predicted molar refractivity (Wildman–Crippen MR) is 102 cm³/mol. The molecule has 1 aromatic heterocycles. The zero-order valence-electron chi connectivity index (χ0n) is 15.1. The van der Waals surface area contributed by atoms with Gasteiger partial charge >= 0.3 is 6.03 Å². The molecule has 2 aromatic rings. The number of rotatable bonds is 6. The first-order chi connectivity index (χ1) is 12.8. The van der Waals surface area contributed by atoms with Gasteiger partial charge < -0.3 is 20.3 Å². The number of carbonyl (C=O) groups excluding carboxylic acids is 1. The van der Waals surface area contributed by atoms with Crippen molar-refractivity contribution in [3.8, 4) is 5.75 Å². The Labute approximate surface area is 153 Å². The predicted octanol–water partition coefficient (Wildman–Crippen LogP) is 3.19. The molecule has 2 heterocycles. The molecule has 0 radical (unpaired) electrons. The van der Waals surface area contributed by atoms with E-state index in [4.69, 9.17) is 4.74 Å². The van der Waals surface area contributed by atoms with Gasteiger partial charge in [0.25, 0.3) is 0 Å². The smallest absolute Gasteiger partial charge is 0.319 e. The Morgan fingerprint density at radius 1 is 1.19 bits per heavy atom. The zero-order chi connectivity index (χ0) is 18.2. The van der Waals surface area contributed by atoms with Crippen molar-refractivity contribution < 1.29 is 9.53 Å². The lowest BCUT2D eigenvalue weighted by Crippen LogP contribution is -2.32. The number of para-hydroxylation sites is 2. The van der Waals surface area contributed by atoms with E-state index in [0.29, 0.717) is 24.6 Å². The van der Waals surface area contributed by atoms with Gasteiger partial charge in [0, 0.05) is 19.3 Å². The molecule has 1 aromatic carbocycles. The van der Waals surface area contributed by atoms with E-state index in [1.165, 1.54) is 19.3 Å².